The fourth-order valence-corrected chi connectivity index (χ4v) is 6.33. The lowest BCUT2D eigenvalue weighted by molar-refractivity contribution is -0.138. The Kier molecular flexibility index (Phi) is 9.76. The van der Waals surface area contributed by atoms with Crippen LogP contribution in [-0.4, -0.2) is 46.2 Å². The summed E-state index contributed by atoms with van der Waals surface area (Å²) in [5.74, 6) is -1.64. The Bertz CT molecular complexity index is 1740. The molecule has 2 N–H and O–H groups in total. The van der Waals surface area contributed by atoms with Gasteiger partial charge in [-0.2, -0.15) is 0 Å². The predicted octanol–water partition coefficient (Wildman–Crippen LogP) is 7.41. The largest absolute Gasteiger partial charge is 0.480 e. The third kappa shape index (κ3) is 7.14. The van der Waals surface area contributed by atoms with E-state index in [9.17, 15) is 14.7 Å². The quantitative estimate of drug-likeness (QED) is 0.153. The molecule has 1 heterocycles. The molecule has 0 unspecified atom stereocenters. The average molecular weight is 608 g/mol. The van der Waals surface area contributed by atoms with Crippen molar-refractivity contribution in [3.8, 4) is 0 Å². The zero-order valence-electron chi connectivity index (χ0n) is 25.6. The lowest BCUT2D eigenvalue weighted by Gasteiger charge is -2.25. The van der Waals surface area contributed by atoms with E-state index < -0.39 is 17.9 Å². The standard InChI is InChI=1S/C40H37N3O3/c44-39(35-26-15-27-43(35)28-29-16-5-1-6-17-29)41-34-25-14-13-24-33(34)37(32-22-11-4-12-23-32)42-38(40(45)46)36(30-18-7-2-8-19-30)31-20-9-3-10-21-31/h1-14,16-25,35-36,38H,15,26-28H2,(H,41,44)(H,45,46)/t35-,38-/m0/s1. The van der Waals surface area contributed by atoms with Crippen LogP contribution < -0.4 is 5.32 Å². The number of aliphatic carboxylic acids is 1. The normalized spacial score (nSPS) is 15.8. The van der Waals surface area contributed by atoms with Gasteiger partial charge in [0.1, 0.15) is 0 Å². The molecule has 1 amide bonds. The molecule has 0 spiro atoms. The van der Waals surface area contributed by atoms with Crippen LogP contribution in [0, 0.1) is 0 Å². The number of nitrogens with zero attached hydrogens (tertiary/aromatic N) is 2. The van der Waals surface area contributed by atoms with Crippen LogP contribution in [0.4, 0.5) is 5.69 Å². The van der Waals surface area contributed by atoms with Crippen LogP contribution in [-0.2, 0) is 16.1 Å². The summed E-state index contributed by atoms with van der Waals surface area (Å²) in [5.41, 5.74) is 5.43. The van der Waals surface area contributed by atoms with E-state index in [2.05, 4.69) is 22.3 Å². The van der Waals surface area contributed by atoms with Crippen LogP contribution in [0.15, 0.2) is 151 Å². The fourth-order valence-electron chi connectivity index (χ4n) is 6.33. The van der Waals surface area contributed by atoms with Crippen molar-refractivity contribution < 1.29 is 14.7 Å². The van der Waals surface area contributed by atoms with E-state index >= 15 is 0 Å². The summed E-state index contributed by atoms with van der Waals surface area (Å²) >= 11 is 0. The molecule has 0 bridgehead atoms. The molecule has 46 heavy (non-hydrogen) atoms. The van der Waals surface area contributed by atoms with Gasteiger partial charge in [-0.25, -0.2) is 4.79 Å². The van der Waals surface area contributed by atoms with Crippen molar-refractivity contribution in [2.45, 2.75) is 37.4 Å². The van der Waals surface area contributed by atoms with Gasteiger partial charge in [0, 0.05) is 23.6 Å². The number of hydrogen-bond donors (Lipinski definition) is 2. The molecule has 6 heteroatoms. The van der Waals surface area contributed by atoms with Gasteiger partial charge in [0.05, 0.1) is 17.4 Å². The smallest absolute Gasteiger partial charge is 0.329 e. The SMILES string of the molecule is O=C(O)[C@@H](N=C(c1ccccc1)c1ccccc1NC(=O)[C@@H]1CCCN1Cc1ccccc1)C(c1ccccc1)c1ccccc1. The van der Waals surface area contributed by atoms with Gasteiger partial charge in [-0.1, -0.05) is 140 Å². The first-order valence-corrected chi connectivity index (χ1v) is 15.7. The number of benzene rings is 5. The molecule has 0 radical (unpaired) electrons. The van der Waals surface area contributed by atoms with Crippen LogP contribution in [0.2, 0.25) is 0 Å². The monoisotopic (exact) mass is 607 g/mol. The second-order valence-electron chi connectivity index (χ2n) is 11.6. The molecule has 6 rings (SSSR count). The summed E-state index contributed by atoms with van der Waals surface area (Å²) in [6.45, 7) is 1.56. The second kappa shape index (κ2) is 14.6. The maximum Gasteiger partial charge on any atom is 0.329 e. The number of carbonyl (C=O) groups excluding carboxylic acids is 1. The van der Waals surface area contributed by atoms with Gasteiger partial charge >= 0.3 is 5.97 Å². The van der Waals surface area contributed by atoms with Gasteiger partial charge in [0.15, 0.2) is 6.04 Å². The highest BCUT2D eigenvalue weighted by atomic mass is 16.4. The van der Waals surface area contributed by atoms with E-state index in [1.54, 1.807) is 0 Å². The molecule has 230 valence electrons. The molecule has 0 aliphatic carbocycles. The van der Waals surface area contributed by atoms with Crippen molar-refractivity contribution in [1.29, 1.82) is 0 Å². The summed E-state index contributed by atoms with van der Waals surface area (Å²) < 4.78 is 0. The van der Waals surface area contributed by atoms with Gasteiger partial charge in [-0.3, -0.25) is 14.7 Å². The minimum atomic E-state index is -1.14. The molecular weight excluding hydrogens is 570 g/mol. The average Bonchev–Trinajstić information content (AvgIpc) is 3.57. The van der Waals surface area contributed by atoms with Gasteiger partial charge < -0.3 is 10.4 Å². The van der Waals surface area contributed by atoms with E-state index in [0.29, 0.717) is 23.5 Å². The number of hydrogen-bond acceptors (Lipinski definition) is 4. The number of likely N-dealkylation sites (tertiary alicyclic amines) is 1. The van der Waals surface area contributed by atoms with E-state index in [4.69, 9.17) is 4.99 Å². The van der Waals surface area contributed by atoms with Gasteiger partial charge in [0.25, 0.3) is 0 Å². The predicted molar refractivity (Wildman–Crippen MR) is 183 cm³/mol. The Hall–Kier alpha value is -5.33. The lowest BCUT2D eigenvalue weighted by Crippen LogP contribution is -2.39. The first-order valence-electron chi connectivity index (χ1n) is 15.7. The molecule has 1 aliphatic rings. The second-order valence-corrected chi connectivity index (χ2v) is 11.6. The minimum absolute atomic E-state index is 0.0745. The third-order valence-corrected chi connectivity index (χ3v) is 8.54. The number of carboxylic acid groups (broad SMARTS) is 1. The van der Waals surface area contributed by atoms with Crippen molar-refractivity contribution in [2.75, 3.05) is 11.9 Å². The number of amides is 1. The summed E-state index contributed by atoms with van der Waals surface area (Å²) in [4.78, 5) is 34.3. The number of carbonyl (C=O) groups is 2. The van der Waals surface area contributed by atoms with Crippen LogP contribution in [0.25, 0.3) is 0 Å². The van der Waals surface area contributed by atoms with Crippen molar-refractivity contribution in [1.82, 2.24) is 4.90 Å². The Labute approximate surface area is 270 Å². The molecule has 1 saturated heterocycles. The molecule has 0 saturated carbocycles. The van der Waals surface area contributed by atoms with E-state index in [1.807, 2.05) is 133 Å². The van der Waals surface area contributed by atoms with Crippen molar-refractivity contribution >= 4 is 23.3 Å². The Morgan fingerprint density at radius 2 is 1.28 bits per heavy atom. The topological polar surface area (TPSA) is 82.0 Å². The number of aliphatic imine (C=N–C) groups is 1. The molecule has 0 aromatic heterocycles. The summed E-state index contributed by atoms with van der Waals surface area (Å²) in [7, 11) is 0. The lowest BCUT2D eigenvalue weighted by atomic mass is 9.85. The summed E-state index contributed by atoms with van der Waals surface area (Å²) in [5, 5.41) is 13.9. The molecule has 2 atom stereocenters. The van der Waals surface area contributed by atoms with Crippen LogP contribution >= 0.6 is 0 Å². The number of para-hydroxylation sites is 1. The first kappa shape index (κ1) is 30.7. The zero-order chi connectivity index (χ0) is 31.7. The number of carboxylic acids is 1. The van der Waals surface area contributed by atoms with Gasteiger partial charge in [-0.15, -0.1) is 0 Å². The number of anilines is 1. The number of rotatable bonds is 11. The zero-order valence-corrected chi connectivity index (χ0v) is 25.6. The molecule has 1 fully saturated rings. The molecule has 1 aliphatic heterocycles. The highest BCUT2D eigenvalue weighted by Crippen LogP contribution is 2.32. The van der Waals surface area contributed by atoms with E-state index in [1.165, 1.54) is 5.56 Å². The fraction of sp³-hybridized carbons (Fsp3) is 0.175. The molecular formula is C40H37N3O3. The first-order chi connectivity index (χ1) is 22.6. The highest BCUT2D eigenvalue weighted by molar-refractivity contribution is 6.17. The Morgan fingerprint density at radius 3 is 1.89 bits per heavy atom. The summed E-state index contributed by atoms with van der Waals surface area (Å²) in [6.07, 6.45) is 1.72. The van der Waals surface area contributed by atoms with Crippen LogP contribution in [0.3, 0.4) is 0 Å². The maximum atomic E-state index is 13.8. The maximum absolute atomic E-state index is 13.8. The minimum Gasteiger partial charge on any atom is -0.480 e. The highest BCUT2D eigenvalue weighted by Gasteiger charge is 2.33. The molecule has 5 aromatic carbocycles. The van der Waals surface area contributed by atoms with Gasteiger partial charge in [-0.05, 0) is 42.1 Å². The Morgan fingerprint density at radius 1 is 0.739 bits per heavy atom. The Balaban J connectivity index is 1.39. The van der Waals surface area contributed by atoms with Crippen molar-refractivity contribution in [2.24, 2.45) is 4.99 Å². The van der Waals surface area contributed by atoms with E-state index in [-0.39, 0.29) is 11.9 Å². The van der Waals surface area contributed by atoms with Gasteiger partial charge in [0.2, 0.25) is 5.91 Å². The van der Waals surface area contributed by atoms with E-state index in [0.717, 1.165) is 36.1 Å². The third-order valence-electron chi connectivity index (χ3n) is 8.54. The van der Waals surface area contributed by atoms with Crippen molar-refractivity contribution in [3.05, 3.63) is 173 Å². The summed E-state index contributed by atoms with van der Waals surface area (Å²) in [6, 6.07) is 45.2. The van der Waals surface area contributed by atoms with Crippen LogP contribution in [0.1, 0.15) is 46.6 Å². The molecule has 5 aromatic rings. The van der Waals surface area contributed by atoms with Crippen molar-refractivity contribution in [3.63, 3.8) is 0 Å². The number of nitrogens with one attached hydrogen (secondary N) is 1. The van der Waals surface area contributed by atoms with Crippen LogP contribution in [0.5, 0.6) is 0 Å². The molecule has 6 nitrogen and oxygen atoms in total.